The molecular formula is C7H8N4S. The third-order valence-corrected chi connectivity index (χ3v) is 2.36. The zero-order valence-electron chi connectivity index (χ0n) is 6.85. The van der Waals surface area contributed by atoms with E-state index in [0.717, 1.165) is 16.6 Å². The molecule has 0 spiro atoms. The van der Waals surface area contributed by atoms with Crippen LogP contribution in [0, 0.1) is 13.8 Å². The lowest BCUT2D eigenvalue weighted by Gasteiger charge is -1.89. The van der Waals surface area contributed by atoms with Gasteiger partial charge in [-0.1, -0.05) is 0 Å². The number of rotatable bonds is 1. The van der Waals surface area contributed by atoms with Crippen molar-refractivity contribution in [1.82, 2.24) is 19.7 Å². The second-order valence-corrected chi connectivity index (χ2v) is 3.34. The minimum atomic E-state index is 0.767. The highest BCUT2D eigenvalue weighted by Gasteiger charge is 2.02. The van der Waals surface area contributed by atoms with Crippen LogP contribution in [0.2, 0.25) is 0 Å². The summed E-state index contributed by atoms with van der Waals surface area (Å²) in [6.45, 7) is 3.82. The molecule has 0 aromatic carbocycles. The summed E-state index contributed by atoms with van der Waals surface area (Å²) in [6.07, 6.45) is 1.67. The van der Waals surface area contributed by atoms with E-state index in [-0.39, 0.29) is 0 Å². The molecule has 0 aliphatic rings. The number of thiazole rings is 1. The van der Waals surface area contributed by atoms with Crippen molar-refractivity contribution in [3.8, 4) is 5.13 Å². The molecule has 5 heteroatoms. The van der Waals surface area contributed by atoms with Crippen molar-refractivity contribution in [2.45, 2.75) is 13.8 Å². The highest BCUT2D eigenvalue weighted by Crippen LogP contribution is 2.12. The quantitative estimate of drug-likeness (QED) is 0.665. The Kier molecular flexibility index (Phi) is 1.65. The van der Waals surface area contributed by atoms with Crippen molar-refractivity contribution < 1.29 is 0 Å². The minimum Gasteiger partial charge on any atom is -0.224 e. The van der Waals surface area contributed by atoms with Crippen LogP contribution in [0.15, 0.2) is 11.7 Å². The maximum absolute atomic E-state index is 4.27. The average Bonchev–Trinajstić information content (AvgIpc) is 2.58. The first kappa shape index (κ1) is 7.42. The third-order valence-electron chi connectivity index (χ3n) is 1.41. The highest BCUT2D eigenvalue weighted by atomic mass is 32.1. The fourth-order valence-corrected chi connectivity index (χ4v) is 1.61. The molecule has 0 amide bonds. The van der Waals surface area contributed by atoms with Gasteiger partial charge < -0.3 is 0 Å². The Labute approximate surface area is 73.9 Å². The van der Waals surface area contributed by atoms with Crippen molar-refractivity contribution in [2.75, 3.05) is 0 Å². The van der Waals surface area contributed by atoms with Crippen molar-refractivity contribution >= 4 is 11.3 Å². The number of hydrogen-bond acceptors (Lipinski definition) is 4. The van der Waals surface area contributed by atoms with Crippen molar-refractivity contribution in [3.63, 3.8) is 0 Å². The standard InChI is InChI=1S/C7H8N4S/c1-5-3-12-7(9-5)11-4-8-6(2)10-11/h3-4H,1-2H3. The summed E-state index contributed by atoms with van der Waals surface area (Å²) in [5, 5.41) is 7.01. The van der Waals surface area contributed by atoms with E-state index in [1.165, 1.54) is 0 Å². The van der Waals surface area contributed by atoms with Crippen LogP contribution in [-0.2, 0) is 0 Å². The smallest absolute Gasteiger partial charge is 0.212 e. The second kappa shape index (κ2) is 2.67. The molecule has 2 rings (SSSR count). The van der Waals surface area contributed by atoms with Crippen LogP contribution in [0.5, 0.6) is 0 Å². The largest absolute Gasteiger partial charge is 0.224 e. The fourth-order valence-electron chi connectivity index (χ4n) is 0.885. The molecule has 0 bridgehead atoms. The average molecular weight is 180 g/mol. The number of nitrogens with zero attached hydrogens (tertiary/aromatic N) is 4. The van der Waals surface area contributed by atoms with Gasteiger partial charge in [-0.25, -0.2) is 9.97 Å². The van der Waals surface area contributed by atoms with Gasteiger partial charge in [-0.3, -0.25) is 0 Å². The fraction of sp³-hybridized carbons (Fsp3) is 0.286. The van der Waals surface area contributed by atoms with Crippen LogP contribution in [-0.4, -0.2) is 19.7 Å². The summed E-state index contributed by atoms with van der Waals surface area (Å²) >= 11 is 1.57. The molecule has 0 fully saturated rings. The number of hydrogen-bond donors (Lipinski definition) is 0. The van der Waals surface area contributed by atoms with Crippen molar-refractivity contribution in [2.24, 2.45) is 0 Å². The zero-order valence-corrected chi connectivity index (χ0v) is 7.67. The molecule has 2 aromatic rings. The SMILES string of the molecule is Cc1csc(-n2cnc(C)n2)n1. The van der Waals surface area contributed by atoms with Crippen LogP contribution < -0.4 is 0 Å². The van der Waals surface area contributed by atoms with Crippen molar-refractivity contribution in [3.05, 3.63) is 23.2 Å². The lowest BCUT2D eigenvalue weighted by atomic mass is 10.6. The molecule has 2 aromatic heterocycles. The lowest BCUT2D eigenvalue weighted by molar-refractivity contribution is 0.849. The van der Waals surface area contributed by atoms with Gasteiger partial charge in [0, 0.05) is 5.38 Å². The summed E-state index contributed by atoms with van der Waals surface area (Å²) in [5.74, 6) is 0.767. The summed E-state index contributed by atoms with van der Waals surface area (Å²) < 4.78 is 1.69. The molecule has 0 radical (unpaired) electrons. The van der Waals surface area contributed by atoms with E-state index in [1.54, 1.807) is 22.3 Å². The Hall–Kier alpha value is -1.23. The van der Waals surface area contributed by atoms with Crippen LogP contribution >= 0.6 is 11.3 Å². The van der Waals surface area contributed by atoms with Gasteiger partial charge >= 0.3 is 0 Å². The maximum Gasteiger partial charge on any atom is 0.212 e. The van der Waals surface area contributed by atoms with Crippen molar-refractivity contribution in [1.29, 1.82) is 0 Å². The zero-order chi connectivity index (χ0) is 8.55. The molecule has 4 nitrogen and oxygen atoms in total. The molecule has 0 aliphatic carbocycles. The number of aromatic nitrogens is 4. The molecule has 0 atom stereocenters. The van der Waals surface area contributed by atoms with E-state index in [2.05, 4.69) is 15.1 Å². The predicted molar refractivity (Wildman–Crippen MR) is 46.5 cm³/mol. The van der Waals surface area contributed by atoms with Crippen LogP contribution in [0.3, 0.4) is 0 Å². The highest BCUT2D eigenvalue weighted by molar-refractivity contribution is 7.12. The molecular weight excluding hydrogens is 172 g/mol. The second-order valence-electron chi connectivity index (χ2n) is 2.51. The lowest BCUT2D eigenvalue weighted by Crippen LogP contribution is -1.93. The van der Waals surface area contributed by atoms with E-state index in [0.29, 0.717) is 0 Å². The van der Waals surface area contributed by atoms with Gasteiger partial charge in [-0.15, -0.1) is 16.4 Å². The summed E-state index contributed by atoms with van der Waals surface area (Å²) in [6, 6.07) is 0. The Bertz CT molecular complexity index is 351. The summed E-state index contributed by atoms with van der Waals surface area (Å²) in [4.78, 5) is 8.29. The van der Waals surface area contributed by atoms with E-state index in [1.807, 2.05) is 19.2 Å². The van der Waals surface area contributed by atoms with E-state index in [9.17, 15) is 0 Å². The van der Waals surface area contributed by atoms with E-state index in [4.69, 9.17) is 0 Å². The Morgan fingerprint density at radius 2 is 2.25 bits per heavy atom. The summed E-state index contributed by atoms with van der Waals surface area (Å²) in [7, 11) is 0. The molecule has 12 heavy (non-hydrogen) atoms. The molecule has 0 N–H and O–H groups in total. The van der Waals surface area contributed by atoms with Gasteiger partial charge in [0.15, 0.2) is 0 Å². The molecule has 2 heterocycles. The van der Waals surface area contributed by atoms with Crippen LogP contribution in [0.4, 0.5) is 0 Å². The first-order valence-corrected chi connectivity index (χ1v) is 4.44. The van der Waals surface area contributed by atoms with Gasteiger partial charge in [0.25, 0.3) is 0 Å². The topological polar surface area (TPSA) is 43.6 Å². The van der Waals surface area contributed by atoms with Gasteiger partial charge in [0.05, 0.1) is 5.69 Å². The van der Waals surface area contributed by atoms with Gasteiger partial charge in [-0.2, -0.15) is 4.68 Å². The number of aryl methyl sites for hydroxylation is 2. The maximum atomic E-state index is 4.27. The van der Waals surface area contributed by atoms with E-state index >= 15 is 0 Å². The monoisotopic (exact) mass is 180 g/mol. The van der Waals surface area contributed by atoms with Gasteiger partial charge in [0.2, 0.25) is 5.13 Å². The van der Waals surface area contributed by atoms with Gasteiger partial charge in [-0.05, 0) is 13.8 Å². The Morgan fingerprint density at radius 3 is 2.75 bits per heavy atom. The van der Waals surface area contributed by atoms with E-state index < -0.39 is 0 Å². The van der Waals surface area contributed by atoms with Crippen LogP contribution in [0.25, 0.3) is 5.13 Å². The molecule has 0 saturated carbocycles. The van der Waals surface area contributed by atoms with Crippen LogP contribution in [0.1, 0.15) is 11.5 Å². The third kappa shape index (κ3) is 1.23. The first-order chi connectivity index (χ1) is 5.75. The Balaban J connectivity index is 2.43. The first-order valence-electron chi connectivity index (χ1n) is 3.56. The molecule has 0 aliphatic heterocycles. The molecule has 62 valence electrons. The summed E-state index contributed by atoms with van der Waals surface area (Å²) in [5.41, 5.74) is 1.02. The molecule has 0 unspecified atom stereocenters. The predicted octanol–water partition coefficient (Wildman–Crippen LogP) is 1.34. The normalized spacial score (nSPS) is 10.5. The van der Waals surface area contributed by atoms with Gasteiger partial charge in [0.1, 0.15) is 12.2 Å². The molecule has 0 saturated heterocycles. The minimum absolute atomic E-state index is 0.767. The Morgan fingerprint density at radius 1 is 1.42 bits per heavy atom.